The minimum absolute atomic E-state index is 0. The summed E-state index contributed by atoms with van der Waals surface area (Å²) < 4.78 is 0. The molecule has 5 heavy (non-hydrogen) atoms. The zero-order valence-electron chi connectivity index (χ0n) is 3.13. The predicted octanol–water partition coefficient (Wildman–Crippen LogP) is -6.23. The first-order valence-electron chi connectivity index (χ1n) is 0. The van der Waals surface area contributed by atoms with Crippen LogP contribution in [0.5, 0.6) is 0 Å². The van der Waals surface area contributed by atoms with Crippen LogP contribution < -0.4 is 116 Å². The van der Waals surface area contributed by atoms with Gasteiger partial charge < -0.3 is 11.0 Å². The number of hydrogen-bond acceptors (Lipinski definition) is 0. The van der Waals surface area contributed by atoms with E-state index in [0.717, 1.165) is 0 Å². The summed E-state index contributed by atoms with van der Waals surface area (Å²) in [5, 5.41) is 0. The van der Waals surface area contributed by atoms with E-state index in [2.05, 4.69) is 0 Å². The van der Waals surface area contributed by atoms with Crippen LogP contribution in [0.3, 0.4) is 0 Å². The Bertz CT molecular complexity index is 7.61. The minimum atomic E-state index is 0. The topological polar surface area (TPSA) is 57.0 Å². The van der Waals surface area contributed by atoms with Gasteiger partial charge in [-0.1, -0.05) is 0 Å². The molecule has 0 spiro atoms. The van der Waals surface area contributed by atoms with Crippen LogP contribution >= 0.6 is 0 Å². The monoisotopic (exact) mass is 260 g/mol. The zero-order chi connectivity index (χ0) is 0. The molecule has 0 aromatic heterocycles. The second kappa shape index (κ2) is 24.4. The molecule has 0 radical (unpaired) electrons. The summed E-state index contributed by atoms with van der Waals surface area (Å²) in [5.74, 6) is 0. The third-order valence-corrected chi connectivity index (χ3v) is 0. The first-order chi connectivity index (χ1) is 0. The van der Waals surface area contributed by atoms with E-state index in [1.165, 1.54) is 0 Å². The molecule has 0 aliphatic carbocycles. The predicted molar refractivity (Wildman–Crippen MR) is 1.37 cm³/mol. The smallest absolute Gasteiger partial charge is 2.00 e. The molecule has 0 unspecified atom stereocenters. The van der Waals surface area contributed by atoms with Crippen molar-refractivity contribution in [1.29, 1.82) is 0 Å². The van der Waals surface area contributed by atoms with Gasteiger partial charge in [0.1, 0.15) is 0 Å². The van der Waals surface area contributed by atoms with Gasteiger partial charge in [-0.2, -0.15) is 0 Å². The standard InChI is InChI=1S/Ni.2O.2Rb/q+2;2*-2;2*+1. The Morgan fingerprint density at radius 2 is 0.600 bits per heavy atom. The fourth-order valence-electron chi connectivity index (χ4n) is 0. The third kappa shape index (κ3) is 18.0. The molecule has 0 aromatic carbocycles. The maximum Gasteiger partial charge on any atom is 2.00 e. The van der Waals surface area contributed by atoms with Crippen molar-refractivity contribution in [2.24, 2.45) is 0 Å². The quantitative estimate of drug-likeness (QED) is 0.390. The fourth-order valence-corrected chi connectivity index (χ4v) is 0. The van der Waals surface area contributed by atoms with Crippen molar-refractivity contribution in [2.75, 3.05) is 0 Å². The average molecular weight is 262 g/mol. The Morgan fingerprint density at radius 1 is 0.600 bits per heavy atom. The van der Waals surface area contributed by atoms with Crippen molar-refractivity contribution < 1.29 is 144 Å². The summed E-state index contributed by atoms with van der Waals surface area (Å²) in [6.45, 7) is 0. The molecule has 0 aliphatic heterocycles. The molecule has 2 nitrogen and oxygen atoms in total. The molecule has 0 saturated heterocycles. The molecule has 0 N–H and O–H groups in total. The molecule has 24 valence electrons. The summed E-state index contributed by atoms with van der Waals surface area (Å²) in [5.41, 5.74) is 0. The second-order valence-electron chi connectivity index (χ2n) is 0. The molecule has 0 saturated carbocycles. The van der Waals surface area contributed by atoms with Crippen molar-refractivity contribution in [1.82, 2.24) is 0 Å². The molecule has 0 atom stereocenters. The normalized spacial score (nSPS) is 0. The van der Waals surface area contributed by atoms with Crippen molar-refractivity contribution in [3.63, 3.8) is 0 Å². The Labute approximate surface area is 139 Å². The van der Waals surface area contributed by atoms with E-state index < -0.39 is 0 Å². The number of rotatable bonds is 0. The van der Waals surface area contributed by atoms with Gasteiger partial charge in [0, 0.05) is 0 Å². The van der Waals surface area contributed by atoms with E-state index in [1.807, 2.05) is 0 Å². The summed E-state index contributed by atoms with van der Waals surface area (Å²) in [6, 6.07) is 0. The van der Waals surface area contributed by atoms with E-state index in [4.69, 9.17) is 0 Å². The van der Waals surface area contributed by atoms with Gasteiger partial charge in [0.15, 0.2) is 0 Å². The van der Waals surface area contributed by atoms with Crippen LogP contribution in [0.25, 0.3) is 0 Å². The summed E-state index contributed by atoms with van der Waals surface area (Å²) in [4.78, 5) is 0. The SMILES string of the molecule is [Ni+2].[O-2].[O-2].[Rb+].[Rb+]. The fraction of sp³-hybridized carbons (Fsp3) is 0. The summed E-state index contributed by atoms with van der Waals surface area (Å²) in [7, 11) is 0. The van der Waals surface area contributed by atoms with Crippen LogP contribution in [0.2, 0.25) is 0 Å². The van der Waals surface area contributed by atoms with Crippen LogP contribution in [0, 0.1) is 0 Å². The van der Waals surface area contributed by atoms with E-state index in [9.17, 15) is 0 Å². The summed E-state index contributed by atoms with van der Waals surface area (Å²) >= 11 is 0. The molecular formula is NiO2Rb2. The molecule has 0 aromatic rings. The maximum atomic E-state index is 0. The van der Waals surface area contributed by atoms with Gasteiger partial charge >= 0.3 is 133 Å². The minimum Gasteiger partial charge on any atom is -2.00 e. The molecule has 0 fully saturated rings. The van der Waals surface area contributed by atoms with Gasteiger partial charge in [-0.25, -0.2) is 0 Å². The molecular weight excluding hydrogens is 262 g/mol. The van der Waals surface area contributed by atoms with Gasteiger partial charge in [-0.3, -0.25) is 0 Å². The van der Waals surface area contributed by atoms with Crippen molar-refractivity contribution >= 4 is 0 Å². The van der Waals surface area contributed by atoms with Crippen molar-refractivity contribution in [3.05, 3.63) is 0 Å². The molecule has 0 heterocycles. The van der Waals surface area contributed by atoms with Gasteiger partial charge in [0.2, 0.25) is 0 Å². The van der Waals surface area contributed by atoms with Gasteiger partial charge in [0.25, 0.3) is 0 Å². The van der Waals surface area contributed by atoms with Crippen LogP contribution in [0.15, 0.2) is 0 Å². The molecule has 0 bridgehead atoms. The van der Waals surface area contributed by atoms with Crippen LogP contribution in [0.4, 0.5) is 0 Å². The van der Waals surface area contributed by atoms with Crippen molar-refractivity contribution in [3.8, 4) is 0 Å². The Morgan fingerprint density at radius 3 is 0.600 bits per heavy atom. The average Bonchev–Trinajstić information content (AvgIpc) is 0. The van der Waals surface area contributed by atoms with Gasteiger partial charge in [0.05, 0.1) is 0 Å². The number of hydrogen-bond donors (Lipinski definition) is 0. The molecule has 0 rings (SSSR count). The van der Waals surface area contributed by atoms with Gasteiger partial charge in [-0.05, 0) is 0 Å². The van der Waals surface area contributed by atoms with Crippen LogP contribution in [-0.2, 0) is 27.4 Å². The van der Waals surface area contributed by atoms with E-state index in [1.54, 1.807) is 0 Å². The summed E-state index contributed by atoms with van der Waals surface area (Å²) in [6.07, 6.45) is 0. The first-order valence-corrected chi connectivity index (χ1v) is 0. The molecule has 5 heteroatoms. The largest absolute Gasteiger partial charge is 2.00 e. The Balaban J connectivity index is 0. The van der Waals surface area contributed by atoms with E-state index >= 15 is 0 Å². The molecule has 0 aliphatic rings. The van der Waals surface area contributed by atoms with Crippen molar-refractivity contribution in [2.45, 2.75) is 0 Å². The van der Waals surface area contributed by atoms with E-state index in [0.29, 0.717) is 0 Å². The third-order valence-electron chi connectivity index (χ3n) is 0. The second-order valence-corrected chi connectivity index (χ2v) is 0. The van der Waals surface area contributed by atoms with E-state index in [-0.39, 0.29) is 144 Å². The molecule has 0 amide bonds. The maximum absolute atomic E-state index is 0. The first kappa shape index (κ1) is 35.9. The zero-order valence-corrected chi connectivity index (χ0v) is 14.0. The van der Waals surface area contributed by atoms with Gasteiger partial charge in [-0.15, -0.1) is 0 Å². The Hall–Kier alpha value is 4.02. The van der Waals surface area contributed by atoms with Crippen LogP contribution in [0.1, 0.15) is 0 Å². The van der Waals surface area contributed by atoms with Crippen LogP contribution in [-0.4, -0.2) is 0 Å². The Kier molecular flexibility index (Phi) is 175.